The van der Waals surface area contributed by atoms with E-state index in [0.29, 0.717) is 19.4 Å². The van der Waals surface area contributed by atoms with Gasteiger partial charge >= 0.3 is 0 Å². The molecule has 1 atom stereocenters. The van der Waals surface area contributed by atoms with Crippen LogP contribution in [0.3, 0.4) is 0 Å². The van der Waals surface area contributed by atoms with E-state index in [1.165, 1.54) is 5.56 Å². The Morgan fingerprint density at radius 3 is 1.89 bits per heavy atom. The summed E-state index contributed by atoms with van der Waals surface area (Å²) in [6.45, 7) is 2.53. The van der Waals surface area contributed by atoms with Crippen LogP contribution in [0.5, 0.6) is 0 Å². The van der Waals surface area contributed by atoms with Crippen LogP contribution in [-0.4, -0.2) is 35.3 Å². The number of hydrogen-bond acceptors (Lipinski definition) is 2. The highest BCUT2D eigenvalue weighted by molar-refractivity contribution is 5.88. The standard InChI is InChI=1S/C32H38N2O2/c1-2-30(32(36)33-28-20-12-13-21-28)34(23-22-25-14-6-3-7-15-25)31(35)24-29(26-16-8-4-9-17-26)27-18-10-5-11-19-27/h3-11,14-19,28-30H,2,12-13,20-24H2,1H3,(H,33,36)/t30-/m1/s1. The highest BCUT2D eigenvalue weighted by Gasteiger charge is 2.32. The van der Waals surface area contributed by atoms with Crippen LogP contribution in [0.15, 0.2) is 91.0 Å². The third-order valence-electron chi connectivity index (χ3n) is 7.35. The van der Waals surface area contributed by atoms with E-state index >= 15 is 0 Å². The fourth-order valence-electron chi connectivity index (χ4n) is 5.35. The Kier molecular flexibility index (Phi) is 9.32. The second-order valence-electron chi connectivity index (χ2n) is 9.81. The molecule has 4 rings (SSSR count). The Morgan fingerprint density at radius 1 is 0.833 bits per heavy atom. The van der Waals surface area contributed by atoms with Crippen molar-refractivity contribution < 1.29 is 9.59 Å². The molecule has 36 heavy (non-hydrogen) atoms. The number of carbonyl (C=O) groups excluding carboxylic acids is 2. The quantitative estimate of drug-likeness (QED) is 0.358. The summed E-state index contributed by atoms with van der Waals surface area (Å²) in [5, 5.41) is 3.25. The normalized spacial score (nSPS) is 14.5. The van der Waals surface area contributed by atoms with Crippen LogP contribution in [0.4, 0.5) is 0 Å². The van der Waals surface area contributed by atoms with Crippen LogP contribution in [-0.2, 0) is 16.0 Å². The summed E-state index contributed by atoms with van der Waals surface area (Å²) in [5.74, 6) is -0.0478. The van der Waals surface area contributed by atoms with Gasteiger partial charge in [0, 0.05) is 24.9 Å². The highest BCUT2D eigenvalue weighted by Crippen LogP contribution is 2.29. The first-order valence-electron chi connectivity index (χ1n) is 13.4. The first kappa shape index (κ1) is 25.7. The number of carbonyl (C=O) groups is 2. The van der Waals surface area contributed by atoms with Crippen LogP contribution < -0.4 is 5.32 Å². The molecule has 3 aromatic carbocycles. The molecule has 4 heteroatoms. The third kappa shape index (κ3) is 6.84. The SMILES string of the molecule is CC[C@H](C(=O)NC1CCCC1)N(CCc1ccccc1)C(=O)CC(c1ccccc1)c1ccccc1. The molecule has 4 nitrogen and oxygen atoms in total. The van der Waals surface area contributed by atoms with Gasteiger partial charge in [-0.3, -0.25) is 9.59 Å². The van der Waals surface area contributed by atoms with Crippen LogP contribution in [0.25, 0.3) is 0 Å². The van der Waals surface area contributed by atoms with Gasteiger partial charge in [0.1, 0.15) is 6.04 Å². The predicted octanol–water partition coefficient (Wildman–Crippen LogP) is 6.12. The highest BCUT2D eigenvalue weighted by atomic mass is 16.2. The minimum Gasteiger partial charge on any atom is -0.352 e. The second-order valence-corrected chi connectivity index (χ2v) is 9.81. The second kappa shape index (κ2) is 13.1. The molecule has 1 N–H and O–H groups in total. The average molecular weight is 483 g/mol. The maximum absolute atomic E-state index is 14.0. The monoisotopic (exact) mass is 482 g/mol. The molecular formula is C32H38N2O2. The number of nitrogens with zero attached hydrogens (tertiary/aromatic N) is 1. The van der Waals surface area contributed by atoms with Gasteiger partial charge in [-0.25, -0.2) is 0 Å². The van der Waals surface area contributed by atoms with Gasteiger partial charge in [-0.05, 0) is 42.4 Å². The summed E-state index contributed by atoms with van der Waals surface area (Å²) in [4.78, 5) is 29.3. The molecule has 0 bridgehead atoms. The zero-order valence-electron chi connectivity index (χ0n) is 21.3. The van der Waals surface area contributed by atoms with Crippen molar-refractivity contribution in [2.75, 3.05) is 6.54 Å². The summed E-state index contributed by atoms with van der Waals surface area (Å²) in [7, 11) is 0. The Labute approximate surface area is 215 Å². The van der Waals surface area contributed by atoms with Crippen molar-refractivity contribution in [3.8, 4) is 0 Å². The summed E-state index contributed by atoms with van der Waals surface area (Å²) < 4.78 is 0. The van der Waals surface area contributed by atoms with Crippen molar-refractivity contribution in [3.63, 3.8) is 0 Å². The van der Waals surface area contributed by atoms with Gasteiger partial charge in [0.15, 0.2) is 0 Å². The molecule has 0 radical (unpaired) electrons. The Morgan fingerprint density at radius 2 is 1.36 bits per heavy atom. The predicted molar refractivity (Wildman–Crippen MR) is 146 cm³/mol. The molecule has 1 saturated carbocycles. The van der Waals surface area contributed by atoms with E-state index in [1.807, 2.05) is 66.4 Å². The molecular weight excluding hydrogens is 444 g/mol. The summed E-state index contributed by atoms with van der Waals surface area (Å²) >= 11 is 0. The van der Waals surface area contributed by atoms with E-state index in [1.54, 1.807) is 0 Å². The van der Waals surface area contributed by atoms with E-state index in [9.17, 15) is 9.59 Å². The fourth-order valence-corrected chi connectivity index (χ4v) is 5.35. The number of hydrogen-bond donors (Lipinski definition) is 1. The van der Waals surface area contributed by atoms with Crippen LogP contribution in [0.1, 0.15) is 68.1 Å². The van der Waals surface area contributed by atoms with E-state index in [-0.39, 0.29) is 23.8 Å². The van der Waals surface area contributed by atoms with E-state index in [4.69, 9.17) is 0 Å². The van der Waals surface area contributed by atoms with E-state index < -0.39 is 6.04 Å². The summed E-state index contributed by atoms with van der Waals surface area (Å²) in [6.07, 6.45) is 6.04. The van der Waals surface area contributed by atoms with Crippen LogP contribution in [0, 0.1) is 0 Å². The van der Waals surface area contributed by atoms with Gasteiger partial charge in [-0.1, -0.05) is 111 Å². The van der Waals surface area contributed by atoms with Crippen LogP contribution >= 0.6 is 0 Å². The van der Waals surface area contributed by atoms with Gasteiger partial charge < -0.3 is 10.2 Å². The Hall–Kier alpha value is -3.40. The zero-order chi connectivity index (χ0) is 25.2. The smallest absolute Gasteiger partial charge is 0.243 e. The first-order chi connectivity index (χ1) is 17.7. The maximum atomic E-state index is 14.0. The molecule has 1 aliphatic rings. The molecule has 0 aliphatic heterocycles. The number of amides is 2. The molecule has 2 amide bonds. The lowest BCUT2D eigenvalue weighted by Crippen LogP contribution is -2.52. The first-order valence-corrected chi connectivity index (χ1v) is 13.4. The lowest BCUT2D eigenvalue weighted by Gasteiger charge is -2.33. The molecule has 0 aromatic heterocycles. The van der Waals surface area contributed by atoms with Gasteiger partial charge in [0.2, 0.25) is 11.8 Å². The Balaban J connectivity index is 1.58. The molecule has 3 aromatic rings. The molecule has 188 valence electrons. The summed E-state index contributed by atoms with van der Waals surface area (Å²) in [6, 6.07) is 30.4. The zero-order valence-corrected chi connectivity index (χ0v) is 21.3. The van der Waals surface area contributed by atoms with Crippen LogP contribution in [0.2, 0.25) is 0 Å². The largest absolute Gasteiger partial charge is 0.352 e. The van der Waals surface area contributed by atoms with Crippen molar-refractivity contribution >= 4 is 11.8 Å². The number of benzene rings is 3. The lowest BCUT2D eigenvalue weighted by atomic mass is 9.88. The van der Waals surface area contributed by atoms with Gasteiger partial charge in [-0.15, -0.1) is 0 Å². The Bertz CT molecular complexity index is 1040. The fraction of sp³-hybridized carbons (Fsp3) is 0.375. The van der Waals surface area contributed by atoms with Crippen molar-refractivity contribution in [2.24, 2.45) is 0 Å². The van der Waals surface area contributed by atoms with Gasteiger partial charge in [-0.2, -0.15) is 0 Å². The van der Waals surface area contributed by atoms with Crippen molar-refractivity contribution in [1.82, 2.24) is 10.2 Å². The molecule has 0 unspecified atom stereocenters. The van der Waals surface area contributed by atoms with E-state index in [2.05, 4.69) is 41.7 Å². The van der Waals surface area contributed by atoms with Gasteiger partial charge in [0.25, 0.3) is 0 Å². The van der Waals surface area contributed by atoms with Crippen molar-refractivity contribution in [1.29, 1.82) is 0 Å². The summed E-state index contributed by atoms with van der Waals surface area (Å²) in [5.41, 5.74) is 3.40. The molecule has 0 heterocycles. The third-order valence-corrected chi connectivity index (χ3v) is 7.35. The molecule has 0 spiro atoms. The molecule has 0 saturated heterocycles. The average Bonchev–Trinajstić information content (AvgIpc) is 3.44. The minimum atomic E-state index is -0.464. The van der Waals surface area contributed by atoms with Crippen molar-refractivity contribution in [3.05, 3.63) is 108 Å². The number of nitrogens with one attached hydrogen (secondary N) is 1. The van der Waals surface area contributed by atoms with E-state index in [0.717, 1.165) is 43.2 Å². The molecule has 1 fully saturated rings. The minimum absolute atomic E-state index is 0.0122. The molecule has 1 aliphatic carbocycles. The van der Waals surface area contributed by atoms with Gasteiger partial charge in [0.05, 0.1) is 0 Å². The van der Waals surface area contributed by atoms with Crippen molar-refractivity contribution in [2.45, 2.75) is 69.9 Å². The maximum Gasteiger partial charge on any atom is 0.243 e. The number of rotatable bonds is 11. The topological polar surface area (TPSA) is 49.4 Å². The lowest BCUT2D eigenvalue weighted by molar-refractivity contribution is -0.141.